The first-order chi connectivity index (χ1) is 6.68. The van der Waals surface area contributed by atoms with Gasteiger partial charge < -0.3 is 10.3 Å². The zero-order valence-corrected chi connectivity index (χ0v) is 8.97. The maximum Gasteiger partial charge on any atom is 0.269 e. The number of aromatic nitrogens is 2. The molecule has 1 atom stereocenters. The first-order valence-electron chi connectivity index (χ1n) is 4.01. The first-order valence-corrected chi connectivity index (χ1v) is 5.27. The van der Waals surface area contributed by atoms with E-state index in [0.717, 1.165) is 4.88 Å². The minimum atomic E-state index is -0.230. The molecule has 2 rings (SSSR count). The van der Waals surface area contributed by atoms with Gasteiger partial charge in [-0.2, -0.15) is 4.98 Å². The first kappa shape index (κ1) is 9.64. The third kappa shape index (κ3) is 1.66. The fourth-order valence-corrected chi connectivity index (χ4v) is 2.02. The Morgan fingerprint density at radius 2 is 2.43 bits per heavy atom. The largest absolute Gasteiger partial charge is 0.333 e. The van der Waals surface area contributed by atoms with Crippen LogP contribution < -0.4 is 5.73 Å². The highest BCUT2D eigenvalue weighted by Gasteiger charge is 2.14. The van der Waals surface area contributed by atoms with Gasteiger partial charge in [0.25, 0.3) is 5.89 Å². The predicted octanol–water partition coefficient (Wildman–Crippen LogP) is 2.47. The Balaban J connectivity index is 2.39. The highest BCUT2D eigenvalue weighted by atomic mass is 35.5. The van der Waals surface area contributed by atoms with E-state index in [1.54, 1.807) is 13.0 Å². The summed E-state index contributed by atoms with van der Waals surface area (Å²) in [6.45, 7) is 1.80. The lowest BCUT2D eigenvalue weighted by molar-refractivity contribution is 0.419. The third-order valence-electron chi connectivity index (χ3n) is 1.66. The average Bonchev–Trinajstić information content (AvgIpc) is 2.71. The zero-order chi connectivity index (χ0) is 10.1. The van der Waals surface area contributed by atoms with E-state index in [1.165, 1.54) is 11.3 Å². The number of halogens is 1. The van der Waals surface area contributed by atoms with E-state index in [-0.39, 0.29) is 6.04 Å². The van der Waals surface area contributed by atoms with E-state index in [9.17, 15) is 0 Å². The standard InChI is InChI=1S/C8H8ClN3OS/c1-4(10)7-11-8(13-12-7)6-5(9)2-3-14-6/h2-4H,10H2,1H3. The van der Waals surface area contributed by atoms with Gasteiger partial charge in [-0.1, -0.05) is 16.8 Å². The molecule has 2 heterocycles. The molecule has 0 aliphatic rings. The van der Waals surface area contributed by atoms with Crippen LogP contribution in [0.15, 0.2) is 16.0 Å². The van der Waals surface area contributed by atoms with Crippen LogP contribution in [0.1, 0.15) is 18.8 Å². The van der Waals surface area contributed by atoms with E-state index in [0.29, 0.717) is 16.7 Å². The van der Waals surface area contributed by atoms with Crippen LogP contribution in [0.3, 0.4) is 0 Å². The van der Waals surface area contributed by atoms with Crippen LogP contribution in [0.25, 0.3) is 10.8 Å². The van der Waals surface area contributed by atoms with Crippen LogP contribution in [0.2, 0.25) is 5.02 Å². The molecule has 74 valence electrons. The van der Waals surface area contributed by atoms with Crippen LogP contribution in [-0.4, -0.2) is 10.1 Å². The summed E-state index contributed by atoms with van der Waals surface area (Å²) in [5.41, 5.74) is 5.60. The van der Waals surface area contributed by atoms with Crippen molar-refractivity contribution in [1.82, 2.24) is 10.1 Å². The van der Waals surface area contributed by atoms with Crippen LogP contribution >= 0.6 is 22.9 Å². The Morgan fingerprint density at radius 3 is 2.93 bits per heavy atom. The van der Waals surface area contributed by atoms with Gasteiger partial charge in [-0.05, 0) is 18.4 Å². The Morgan fingerprint density at radius 1 is 1.64 bits per heavy atom. The second-order valence-corrected chi connectivity index (χ2v) is 4.17. The summed E-state index contributed by atoms with van der Waals surface area (Å²) >= 11 is 7.37. The summed E-state index contributed by atoms with van der Waals surface area (Å²) in [6.07, 6.45) is 0. The molecule has 6 heteroatoms. The maximum absolute atomic E-state index is 5.91. The minimum absolute atomic E-state index is 0.230. The third-order valence-corrected chi connectivity index (χ3v) is 2.99. The predicted molar refractivity (Wildman–Crippen MR) is 55.2 cm³/mol. The van der Waals surface area contributed by atoms with Gasteiger partial charge in [0.05, 0.1) is 11.1 Å². The molecule has 0 saturated heterocycles. The number of nitrogens with two attached hydrogens (primary N) is 1. The molecule has 0 aliphatic carbocycles. The molecule has 2 N–H and O–H groups in total. The van der Waals surface area contributed by atoms with E-state index in [1.807, 2.05) is 5.38 Å². The highest BCUT2D eigenvalue weighted by Crippen LogP contribution is 2.32. The summed E-state index contributed by atoms with van der Waals surface area (Å²) in [5.74, 6) is 0.918. The summed E-state index contributed by atoms with van der Waals surface area (Å²) in [5, 5.41) is 6.24. The van der Waals surface area contributed by atoms with E-state index >= 15 is 0 Å². The molecular formula is C8H8ClN3OS. The van der Waals surface area contributed by atoms with Crippen molar-refractivity contribution in [3.05, 3.63) is 22.3 Å². The number of hydrogen-bond donors (Lipinski definition) is 1. The monoisotopic (exact) mass is 229 g/mol. The summed E-state index contributed by atoms with van der Waals surface area (Å²) in [4.78, 5) is 4.92. The van der Waals surface area contributed by atoms with Gasteiger partial charge in [0.15, 0.2) is 5.82 Å². The second-order valence-electron chi connectivity index (χ2n) is 2.84. The van der Waals surface area contributed by atoms with Gasteiger partial charge in [0.2, 0.25) is 0 Å². The molecule has 14 heavy (non-hydrogen) atoms. The lowest BCUT2D eigenvalue weighted by Gasteiger charge is -1.92. The SMILES string of the molecule is CC(N)c1noc(-c2sccc2Cl)n1. The Hall–Kier alpha value is -0.910. The number of nitrogens with zero attached hydrogens (tertiary/aromatic N) is 2. The van der Waals surface area contributed by atoms with Gasteiger partial charge in [-0.25, -0.2) is 0 Å². The molecule has 0 bridgehead atoms. The van der Waals surface area contributed by atoms with Crippen molar-refractivity contribution >= 4 is 22.9 Å². The lowest BCUT2D eigenvalue weighted by Crippen LogP contribution is -2.06. The molecule has 2 aromatic rings. The number of rotatable bonds is 2. The molecule has 1 unspecified atom stereocenters. The molecule has 4 nitrogen and oxygen atoms in total. The van der Waals surface area contributed by atoms with Gasteiger partial charge in [0.1, 0.15) is 4.88 Å². The fraction of sp³-hybridized carbons (Fsp3) is 0.250. The van der Waals surface area contributed by atoms with Gasteiger partial charge >= 0.3 is 0 Å². The molecule has 0 aliphatic heterocycles. The smallest absolute Gasteiger partial charge is 0.269 e. The van der Waals surface area contributed by atoms with Crippen molar-refractivity contribution in [2.24, 2.45) is 5.73 Å². The average molecular weight is 230 g/mol. The van der Waals surface area contributed by atoms with Crippen molar-refractivity contribution in [3.8, 4) is 10.8 Å². The molecule has 0 spiro atoms. The molecule has 0 radical (unpaired) electrons. The van der Waals surface area contributed by atoms with Gasteiger partial charge in [0, 0.05) is 0 Å². The summed E-state index contributed by atoms with van der Waals surface area (Å²) in [7, 11) is 0. The molecular weight excluding hydrogens is 222 g/mol. The van der Waals surface area contributed by atoms with Crippen LogP contribution in [0.4, 0.5) is 0 Å². The van der Waals surface area contributed by atoms with Gasteiger partial charge in [-0.3, -0.25) is 0 Å². The molecule has 0 fully saturated rings. The van der Waals surface area contributed by atoms with Crippen LogP contribution in [0, 0.1) is 0 Å². The Kier molecular flexibility index (Phi) is 2.54. The normalized spacial score (nSPS) is 13.1. The molecule has 0 amide bonds. The Labute approximate surface area is 89.7 Å². The molecule has 2 aromatic heterocycles. The fourth-order valence-electron chi connectivity index (χ4n) is 0.958. The topological polar surface area (TPSA) is 64.9 Å². The molecule has 0 saturated carbocycles. The maximum atomic E-state index is 5.91. The summed E-state index contributed by atoms with van der Waals surface area (Å²) in [6, 6.07) is 1.56. The number of hydrogen-bond acceptors (Lipinski definition) is 5. The second kappa shape index (κ2) is 3.68. The summed E-state index contributed by atoms with van der Waals surface area (Å²) < 4.78 is 5.04. The van der Waals surface area contributed by atoms with Crippen molar-refractivity contribution in [2.75, 3.05) is 0 Å². The van der Waals surface area contributed by atoms with Crippen molar-refractivity contribution in [3.63, 3.8) is 0 Å². The zero-order valence-electron chi connectivity index (χ0n) is 7.40. The van der Waals surface area contributed by atoms with E-state index < -0.39 is 0 Å². The lowest BCUT2D eigenvalue weighted by atomic mass is 10.3. The molecule has 0 aromatic carbocycles. The van der Waals surface area contributed by atoms with Crippen molar-refractivity contribution in [1.29, 1.82) is 0 Å². The Bertz CT molecular complexity index is 437. The minimum Gasteiger partial charge on any atom is -0.333 e. The van der Waals surface area contributed by atoms with E-state index in [2.05, 4.69) is 10.1 Å². The van der Waals surface area contributed by atoms with Gasteiger partial charge in [-0.15, -0.1) is 11.3 Å². The highest BCUT2D eigenvalue weighted by molar-refractivity contribution is 7.14. The van der Waals surface area contributed by atoms with Crippen LogP contribution in [0.5, 0.6) is 0 Å². The van der Waals surface area contributed by atoms with E-state index in [4.69, 9.17) is 21.9 Å². The van der Waals surface area contributed by atoms with Crippen molar-refractivity contribution in [2.45, 2.75) is 13.0 Å². The quantitative estimate of drug-likeness (QED) is 0.859. The van der Waals surface area contributed by atoms with Crippen molar-refractivity contribution < 1.29 is 4.52 Å². The van der Waals surface area contributed by atoms with Crippen LogP contribution in [-0.2, 0) is 0 Å². The number of thiophene rings is 1.